The first-order chi connectivity index (χ1) is 25.4. The van der Waals surface area contributed by atoms with E-state index in [0.29, 0.717) is 5.89 Å². The number of nitrogens with zero attached hydrogens (tertiary/aromatic N) is 4. The average Bonchev–Trinajstić information content (AvgIpc) is 3.62. The quantitative estimate of drug-likeness (QED) is 0.130. The van der Waals surface area contributed by atoms with E-state index in [1.165, 1.54) is 11.0 Å². The summed E-state index contributed by atoms with van der Waals surface area (Å²) in [6.07, 6.45) is 1.92. The molecule has 0 unspecified atom stereocenters. The van der Waals surface area contributed by atoms with Gasteiger partial charge in [0.15, 0.2) is 0 Å². The molecule has 0 atom stereocenters. The molecular weight excluding hydrogens is 830 g/mol. The van der Waals surface area contributed by atoms with Gasteiger partial charge in [-0.05, 0) is 88.1 Å². The van der Waals surface area contributed by atoms with Crippen LogP contribution in [0, 0.1) is 12.1 Å². The molecule has 10 rings (SSSR count). The topological polar surface area (TPSA) is 45.4 Å². The van der Waals surface area contributed by atoms with Crippen molar-refractivity contribution in [3.8, 4) is 22.7 Å². The van der Waals surface area contributed by atoms with Gasteiger partial charge in [0.2, 0.25) is 6.71 Å². The zero-order valence-electron chi connectivity index (χ0n) is 29.4. The van der Waals surface area contributed by atoms with E-state index in [2.05, 4.69) is 158 Å². The first-order valence-electron chi connectivity index (χ1n) is 17.7. The van der Waals surface area contributed by atoms with Crippen molar-refractivity contribution in [3.05, 3.63) is 163 Å². The van der Waals surface area contributed by atoms with Gasteiger partial charge in [-0.15, -0.1) is 52.9 Å². The molecule has 6 aromatic carbocycles. The zero-order valence-corrected chi connectivity index (χ0v) is 31.7. The van der Waals surface area contributed by atoms with Crippen molar-refractivity contribution in [2.75, 3.05) is 9.80 Å². The number of fused-ring (bicyclic) bond motifs is 5. The molecule has 0 N–H and O–H groups in total. The third-order valence-electron chi connectivity index (χ3n) is 10.3. The molecule has 0 saturated carbocycles. The number of aromatic nitrogens is 2. The van der Waals surface area contributed by atoms with E-state index in [1.807, 2.05) is 30.5 Å². The number of para-hydroxylation sites is 4. The van der Waals surface area contributed by atoms with Gasteiger partial charge >= 0.3 is 21.1 Å². The van der Waals surface area contributed by atoms with Gasteiger partial charge in [0.05, 0.1) is 5.52 Å². The van der Waals surface area contributed by atoms with Crippen molar-refractivity contribution >= 4 is 68.3 Å². The van der Waals surface area contributed by atoms with Crippen molar-refractivity contribution in [2.45, 2.75) is 26.2 Å². The largest absolute Gasteiger partial charge is 2.00 e. The summed E-state index contributed by atoms with van der Waals surface area (Å²) in [4.78, 5) is 14.5. The first kappa shape index (κ1) is 33.2. The normalized spacial score (nSPS) is 12.9. The summed E-state index contributed by atoms with van der Waals surface area (Å²) in [7, 11) is 0. The third-order valence-corrected chi connectivity index (χ3v) is 10.3. The Labute approximate surface area is 324 Å². The Hall–Kier alpha value is -5.71. The van der Waals surface area contributed by atoms with E-state index < -0.39 is 0 Å². The minimum Gasteiger partial charge on any atom is -0.481 e. The predicted molar refractivity (Wildman–Crippen MR) is 213 cm³/mol. The summed E-state index contributed by atoms with van der Waals surface area (Å²) in [6.45, 7) is 6.54. The molecule has 53 heavy (non-hydrogen) atoms. The second-order valence-corrected chi connectivity index (χ2v) is 14.5. The summed E-state index contributed by atoms with van der Waals surface area (Å²) in [6, 6.07) is 56.6. The van der Waals surface area contributed by atoms with E-state index in [0.717, 1.165) is 73.0 Å². The molecule has 5 nitrogen and oxygen atoms in total. The van der Waals surface area contributed by atoms with Crippen LogP contribution in [0.2, 0.25) is 0 Å². The maximum absolute atomic E-state index is 6.31. The zero-order chi connectivity index (χ0) is 35.0. The summed E-state index contributed by atoms with van der Waals surface area (Å²) in [5.41, 5.74) is 15.4. The number of hydrogen-bond donors (Lipinski definition) is 0. The molecule has 2 aromatic heterocycles. The molecule has 0 fully saturated rings. The van der Waals surface area contributed by atoms with Crippen LogP contribution in [0.15, 0.2) is 150 Å². The predicted octanol–water partition coefficient (Wildman–Crippen LogP) is 9.53. The van der Waals surface area contributed by atoms with Gasteiger partial charge in [-0.3, -0.25) is 4.98 Å². The Kier molecular flexibility index (Phi) is 7.98. The van der Waals surface area contributed by atoms with Crippen molar-refractivity contribution in [1.82, 2.24) is 9.97 Å². The smallest absolute Gasteiger partial charge is 0.481 e. The number of rotatable bonds is 4. The summed E-state index contributed by atoms with van der Waals surface area (Å²) in [5.74, 6) is 0.553. The number of oxazole rings is 1. The van der Waals surface area contributed by atoms with Crippen LogP contribution < -0.4 is 26.2 Å². The maximum Gasteiger partial charge on any atom is 2.00 e. The Morgan fingerprint density at radius 1 is 0.604 bits per heavy atom. The van der Waals surface area contributed by atoms with Gasteiger partial charge in [-0.1, -0.05) is 87.0 Å². The van der Waals surface area contributed by atoms with Crippen LogP contribution >= 0.6 is 0 Å². The summed E-state index contributed by atoms with van der Waals surface area (Å²) >= 11 is 0. The summed E-state index contributed by atoms with van der Waals surface area (Å²) in [5, 5.41) is 0. The molecule has 256 valence electrons. The minimum absolute atomic E-state index is 0. The standard InChI is InChI=1S/C46H33BN4O.Pt/c1-46(2,3)32-25-26-48-38(29-32)30-21-23-39-35(27-30)47-36-28-31(45-49-37-17-10-11-20-43(37)52-45)22-24-40(36)51(34-15-8-5-9-16-34)42-19-12-18-41(44(42)47)50(39)33-13-6-4-7-14-33;/h4-26,29H,1-3H3;/q-2;+2. The number of hydrogen-bond acceptors (Lipinski definition) is 5. The van der Waals surface area contributed by atoms with E-state index in [-0.39, 0.29) is 33.2 Å². The fraction of sp³-hybridized carbons (Fsp3) is 0.0870. The van der Waals surface area contributed by atoms with Crippen LogP contribution in [0.5, 0.6) is 0 Å². The van der Waals surface area contributed by atoms with Crippen LogP contribution in [0.25, 0.3) is 33.8 Å². The van der Waals surface area contributed by atoms with Gasteiger partial charge < -0.3 is 19.2 Å². The Morgan fingerprint density at radius 2 is 1.19 bits per heavy atom. The van der Waals surface area contributed by atoms with E-state index in [1.54, 1.807) is 0 Å². The Balaban J connectivity index is 0.00000372. The number of pyridine rings is 1. The fourth-order valence-electron chi connectivity index (χ4n) is 7.77. The van der Waals surface area contributed by atoms with Crippen LogP contribution in [-0.4, -0.2) is 16.7 Å². The van der Waals surface area contributed by atoms with Gasteiger partial charge in [0.25, 0.3) is 0 Å². The molecule has 0 aliphatic carbocycles. The maximum atomic E-state index is 6.31. The second-order valence-electron chi connectivity index (χ2n) is 14.5. The van der Waals surface area contributed by atoms with Gasteiger partial charge in [0, 0.05) is 28.9 Å². The van der Waals surface area contributed by atoms with Crippen molar-refractivity contribution in [1.29, 1.82) is 0 Å². The van der Waals surface area contributed by atoms with Gasteiger partial charge in [-0.2, -0.15) is 0 Å². The van der Waals surface area contributed by atoms with Crippen LogP contribution in [0.4, 0.5) is 34.1 Å². The van der Waals surface area contributed by atoms with E-state index >= 15 is 0 Å². The number of benzene rings is 6. The first-order valence-corrected chi connectivity index (χ1v) is 17.7. The molecule has 7 heteroatoms. The minimum atomic E-state index is -0.175. The monoisotopic (exact) mass is 863 g/mol. The molecule has 2 aliphatic heterocycles. The molecule has 0 spiro atoms. The van der Waals surface area contributed by atoms with Crippen molar-refractivity contribution in [3.63, 3.8) is 0 Å². The second kappa shape index (κ2) is 12.8. The average molecular weight is 864 g/mol. The van der Waals surface area contributed by atoms with E-state index in [4.69, 9.17) is 14.4 Å². The van der Waals surface area contributed by atoms with Crippen molar-refractivity contribution in [2.24, 2.45) is 0 Å². The van der Waals surface area contributed by atoms with Crippen LogP contribution in [-0.2, 0) is 26.5 Å². The SMILES string of the molecule is CC(C)(C)c1ccnc(-c2[c-]c3c(cc2)N(c2ccccc2)c2cccc4c2B3c2[c-]c(-c3nc5ccccc5o3)ccc2N4c2ccccc2)c1.[Pt+2]. The fourth-order valence-corrected chi connectivity index (χ4v) is 7.77. The van der Waals surface area contributed by atoms with Crippen LogP contribution in [0.1, 0.15) is 26.3 Å². The van der Waals surface area contributed by atoms with Crippen molar-refractivity contribution < 1.29 is 25.5 Å². The van der Waals surface area contributed by atoms with Crippen LogP contribution in [0.3, 0.4) is 0 Å². The van der Waals surface area contributed by atoms with Gasteiger partial charge in [0.1, 0.15) is 11.5 Å². The number of anilines is 6. The molecule has 0 amide bonds. The molecule has 4 heterocycles. The van der Waals surface area contributed by atoms with E-state index in [9.17, 15) is 0 Å². The molecule has 0 saturated heterocycles. The van der Waals surface area contributed by atoms with Gasteiger partial charge in [-0.25, -0.2) is 0 Å². The summed E-state index contributed by atoms with van der Waals surface area (Å²) < 4.78 is 6.31. The Morgan fingerprint density at radius 3 is 1.81 bits per heavy atom. The Bertz CT molecular complexity index is 2600. The third kappa shape index (κ3) is 5.43. The molecule has 0 radical (unpaired) electrons. The molecule has 2 aliphatic rings. The molecule has 0 bridgehead atoms. The molecular formula is C46H33BN4OPt. The molecule has 8 aromatic rings.